The van der Waals surface area contributed by atoms with Crippen LogP contribution in [0.25, 0.3) is 5.65 Å². The second-order valence-corrected chi connectivity index (χ2v) is 6.52. The summed E-state index contributed by atoms with van der Waals surface area (Å²) in [5.74, 6) is 0.484. The molecule has 0 aliphatic carbocycles. The first-order valence-electron chi connectivity index (χ1n) is 8.79. The molecule has 4 heterocycles. The topological polar surface area (TPSA) is 72.6 Å². The highest BCUT2D eigenvalue weighted by Crippen LogP contribution is 2.32. The number of aromatic nitrogens is 4. The van der Waals surface area contributed by atoms with Crippen LogP contribution < -0.4 is 4.74 Å². The SMILES string of the molecule is COc1ccc(C(=O)N2CCCC[C@H]2c2cc(C)n3nccc3n2)cn1. The highest BCUT2D eigenvalue weighted by atomic mass is 16.5. The molecular weight excluding hydrogens is 330 g/mol. The molecule has 1 aliphatic rings. The lowest BCUT2D eigenvalue weighted by Gasteiger charge is -2.35. The molecule has 0 saturated carbocycles. The third-order valence-electron chi connectivity index (χ3n) is 4.85. The number of hydrogen-bond donors (Lipinski definition) is 0. The van der Waals surface area contributed by atoms with E-state index in [1.165, 1.54) is 0 Å². The van der Waals surface area contributed by atoms with E-state index in [4.69, 9.17) is 9.72 Å². The van der Waals surface area contributed by atoms with Gasteiger partial charge >= 0.3 is 0 Å². The first-order chi connectivity index (χ1) is 12.7. The number of carbonyl (C=O) groups is 1. The number of nitrogens with zero attached hydrogens (tertiary/aromatic N) is 5. The lowest BCUT2D eigenvalue weighted by Crippen LogP contribution is -2.39. The first kappa shape index (κ1) is 16.5. The number of carbonyl (C=O) groups excluding carboxylic acids is 1. The quantitative estimate of drug-likeness (QED) is 0.725. The van der Waals surface area contributed by atoms with Gasteiger partial charge in [-0.05, 0) is 38.3 Å². The van der Waals surface area contributed by atoms with Gasteiger partial charge in [-0.1, -0.05) is 0 Å². The summed E-state index contributed by atoms with van der Waals surface area (Å²) in [6.45, 7) is 2.73. The van der Waals surface area contributed by atoms with Crippen molar-refractivity contribution in [1.29, 1.82) is 0 Å². The minimum absolute atomic E-state index is 0.0160. The van der Waals surface area contributed by atoms with Crippen molar-refractivity contribution in [2.45, 2.75) is 32.2 Å². The summed E-state index contributed by atoms with van der Waals surface area (Å²) < 4.78 is 6.89. The van der Waals surface area contributed by atoms with E-state index in [0.717, 1.165) is 42.8 Å². The Bertz CT molecular complexity index is 935. The van der Waals surface area contributed by atoms with Gasteiger partial charge in [-0.15, -0.1) is 0 Å². The number of piperidine rings is 1. The molecule has 1 atom stereocenters. The number of hydrogen-bond acceptors (Lipinski definition) is 5. The number of rotatable bonds is 3. The van der Waals surface area contributed by atoms with Gasteiger partial charge in [0.2, 0.25) is 5.88 Å². The zero-order valence-corrected chi connectivity index (χ0v) is 14.9. The van der Waals surface area contributed by atoms with Crippen molar-refractivity contribution in [3.05, 3.63) is 53.6 Å². The van der Waals surface area contributed by atoms with Gasteiger partial charge in [0.1, 0.15) is 0 Å². The number of ether oxygens (including phenoxy) is 1. The molecule has 0 bridgehead atoms. The predicted molar refractivity (Wildman–Crippen MR) is 96.1 cm³/mol. The molecule has 0 unspecified atom stereocenters. The minimum atomic E-state index is -0.0306. The van der Waals surface area contributed by atoms with Crippen LogP contribution in [-0.2, 0) is 0 Å². The van der Waals surface area contributed by atoms with Crippen LogP contribution in [0.1, 0.15) is 47.1 Å². The Kier molecular flexibility index (Phi) is 4.28. The van der Waals surface area contributed by atoms with Crippen LogP contribution in [0, 0.1) is 6.92 Å². The molecule has 26 heavy (non-hydrogen) atoms. The summed E-state index contributed by atoms with van der Waals surface area (Å²) in [6, 6.07) is 7.37. The molecular formula is C19H21N5O2. The van der Waals surface area contributed by atoms with E-state index in [-0.39, 0.29) is 11.9 Å². The maximum absolute atomic E-state index is 13.1. The van der Waals surface area contributed by atoms with Crippen LogP contribution >= 0.6 is 0 Å². The summed E-state index contributed by atoms with van der Waals surface area (Å²) in [4.78, 5) is 23.9. The van der Waals surface area contributed by atoms with Gasteiger partial charge in [-0.2, -0.15) is 5.10 Å². The van der Waals surface area contributed by atoms with Crippen molar-refractivity contribution in [3.8, 4) is 5.88 Å². The summed E-state index contributed by atoms with van der Waals surface area (Å²) in [7, 11) is 1.56. The lowest BCUT2D eigenvalue weighted by atomic mass is 9.97. The average molecular weight is 351 g/mol. The van der Waals surface area contributed by atoms with Gasteiger partial charge in [0.25, 0.3) is 5.91 Å². The van der Waals surface area contributed by atoms with Crippen molar-refractivity contribution in [1.82, 2.24) is 24.5 Å². The van der Waals surface area contributed by atoms with Crippen molar-refractivity contribution in [2.75, 3.05) is 13.7 Å². The molecule has 1 aliphatic heterocycles. The van der Waals surface area contributed by atoms with E-state index in [2.05, 4.69) is 10.1 Å². The number of methoxy groups -OCH3 is 1. The molecule has 1 amide bonds. The molecule has 0 N–H and O–H groups in total. The second-order valence-electron chi connectivity index (χ2n) is 6.52. The maximum atomic E-state index is 13.1. The van der Waals surface area contributed by atoms with E-state index in [9.17, 15) is 4.79 Å². The van der Waals surface area contributed by atoms with Crippen LogP contribution in [0.2, 0.25) is 0 Å². The van der Waals surface area contributed by atoms with Gasteiger partial charge in [-0.3, -0.25) is 4.79 Å². The average Bonchev–Trinajstić information content (AvgIpc) is 3.17. The molecule has 7 nitrogen and oxygen atoms in total. The molecule has 0 spiro atoms. The standard InChI is InChI=1S/C19H21N5O2/c1-13-11-15(22-17-8-9-21-24(13)17)16-5-3-4-10-23(16)19(25)14-6-7-18(26-2)20-12-14/h6-9,11-12,16H,3-5,10H2,1-2H3/t16-/m0/s1. The summed E-state index contributed by atoms with van der Waals surface area (Å²) in [5, 5.41) is 4.28. The fraction of sp³-hybridized carbons (Fsp3) is 0.368. The number of pyridine rings is 1. The Hall–Kier alpha value is -2.96. The summed E-state index contributed by atoms with van der Waals surface area (Å²) in [6.07, 6.45) is 6.31. The Morgan fingerprint density at radius 1 is 1.27 bits per heavy atom. The fourth-order valence-electron chi connectivity index (χ4n) is 3.54. The van der Waals surface area contributed by atoms with Gasteiger partial charge in [-0.25, -0.2) is 14.5 Å². The normalized spacial score (nSPS) is 17.5. The van der Waals surface area contributed by atoms with Crippen LogP contribution in [0.5, 0.6) is 5.88 Å². The third-order valence-corrected chi connectivity index (χ3v) is 4.85. The molecule has 1 fully saturated rings. The van der Waals surface area contributed by atoms with Gasteiger partial charge in [0, 0.05) is 30.6 Å². The van der Waals surface area contributed by atoms with Gasteiger partial charge in [0.05, 0.1) is 30.6 Å². The van der Waals surface area contributed by atoms with E-state index in [0.29, 0.717) is 11.4 Å². The molecule has 4 rings (SSSR count). The van der Waals surface area contributed by atoms with E-state index < -0.39 is 0 Å². The molecule has 3 aromatic rings. The van der Waals surface area contributed by atoms with Crippen LogP contribution in [-0.4, -0.2) is 44.0 Å². The Morgan fingerprint density at radius 3 is 2.92 bits per heavy atom. The lowest BCUT2D eigenvalue weighted by molar-refractivity contribution is 0.0605. The Labute approximate surface area is 151 Å². The fourth-order valence-corrected chi connectivity index (χ4v) is 3.54. The highest BCUT2D eigenvalue weighted by Gasteiger charge is 2.30. The van der Waals surface area contributed by atoms with Crippen LogP contribution in [0.4, 0.5) is 0 Å². The minimum Gasteiger partial charge on any atom is -0.481 e. The highest BCUT2D eigenvalue weighted by molar-refractivity contribution is 5.94. The van der Waals surface area contributed by atoms with Crippen LogP contribution in [0.15, 0.2) is 36.7 Å². The molecule has 3 aromatic heterocycles. The van der Waals surface area contributed by atoms with Crippen LogP contribution in [0.3, 0.4) is 0 Å². The molecule has 7 heteroatoms. The van der Waals surface area contributed by atoms with Gasteiger partial charge < -0.3 is 9.64 Å². The summed E-state index contributed by atoms with van der Waals surface area (Å²) in [5.41, 5.74) is 3.31. The Balaban J connectivity index is 1.67. The second kappa shape index (κ2) is 6.74. The molecule has 1 saturated heterocycles. The van der Waals surface area contributed by atoms with Crippen molar-refractivity contribution in [2.24, 2.45) is 0 Å². The number of aryl methyl sites for hydroxylation is 1. The number of amides is 1. The maximum Gasteiger partial charge on any atom is 0.255 e. The van der Waals surface area contributed by atoms with Crippen molar-refractivity contribution < 1.29 is 9.53 Å². The van der Waals surface area contributed by atoms with E-state index >= 15 is 0 Å². The first-order valence-corrected chi connectivity index (χ1v) is 8.79. The molecule has 0 aromatic carbocycles. The number of fused-ring (bicyclic) bond motifs is 1. The van der Waals surface area contributed by atoms with Crippen molar-refractivity contribution >= 4 is 11.6 Å². The van der Waals surface area contributed by atoms with E-state index in [1.54, 1.807) is 31.6 Å². The monoisotopic (exact) mass is 351 g/mol. The number of likely N-dealkylation sites (tertiary alicyclic amines) is 1. The summed E-state index contributed by atoms with van der Waals surface area (Å²) >= 11 is 0. The van der Waals surface area contributed by atoms with Gasteiger partial charge in [0.15, 0.2) is 5.65 Å². The third kappa shape index (κ3) is 2.89. The zero-order valence-electron chi connectivity index (χ0n) is 14.9. The van der Waals surface area contributed by atoms with Crippen molar-refractivity contribution in [3.63, 3.8) is 0 Å². The largest absolute Gasteiger partial charge is 0.481 e. The predicted octanol–water partition coefficient (Wildman–Crippen LogP) is 2.81. The smallest absolute Gasteiger partial charge is 0.255 e. The Morgan fingerprint density at radius 2 is 2.15 bits per heavy atom. The molecule has 0 radical (unpaired) electrons. The van der Waals surface area contributed by atoms with E-state index in [1.807, 2.05) is 28.5 Å². The molecule has 134 valence electrons. The zero-order chi connectivity index (χ0) is 18.1.